The molecule has 2 aromatic carbocycles. The molecular formula is C22H24Cl3N3O2S. The number of alkyl halides is 3. The highest BCUT2D eigenvalue weighted by atomic mass is 35.6. The second kappa shape index (κ2) is 10.7. The molecule has 1 fully saturated rings. The van der Waals surface area contributed by atoms with Crippen molar-refractivity contribution in [1.82, 2.24) is 10.2 Å². The molecule has 1 heterocycles. The molecule has 166 valence electrons. The van der Waals surface area contributed by atoms with Crippen molar-refractivity contribution in [1.29, 1.82) is 0 Å². The molecule has 1 saturated heterocycles. The van der Waals surface area contributed by atoms with Gasteiger partial charge in [-0.25, -0.2) is 0 Å². The predicted molar refractivity (Wildman–Crippen MR) is 131 cm³/mol. The third-order valence-electron chi connectivity index (χ3n) is 5.04. The molecule has 1 atom stereocenters. The fourth-order valence-electron chi connectivity index (χ4n) is 3.52. The van der Waals surface area contributed by atoms with Gasteiger partial charge in [0.2, 0.25) is 9.70 Å². The van der Waals surface area contributed by atoms with E-state index in [1.807, 2.05) is 59.5 Å². The zero-order valence-corrected chi connectivity index (χ0v) is 20.1. The molecule has 31 heavy (non-hydrogen) atoms. The van der Waals surface area contributed by atoms with Crippen molar-refractivity contribution < 1.29 is 9.53 Å². The Kier molecular flexibility index (Phi) is 8.28. The average Bonchev–Trinajstić information content (AvgIpc) is 2.76. The number of hydrogen-bond acceptors (Lipinski definition) is 3. The van der Waals surface area contributed by atoms with Gasteiger partial charge in [-0.05, 0) is 42.8 Å². The highest BCUT2D eigenvalue weighted by molar-refractivity contribution is 7.80. The minimum Gasteiger partial charge on any atom is -0.495 e. The summed E-state index contributed by atoms with van der Waals surface area (Å²) >= 11 is 24.6. The fraction of sp³-hybridized carbons (Fsp3) is 0.364. The molecule has 9 heteroatoms. The van der Waals surface area contributed by atoms with E-state index in [9.17, 15) is 4.79 Å². The van der Waals surface area contributed by atoms with Crippen LogP contribution in [0, 0.1) is 0 Å². The smallest absolute Gasteiger partial charge is 0.228 e. The van der Waals surface area contributed by atoms with Gasteiger partial charge in [0, 0.05) is 19.5 Å². The van der Waals surface area contributed by atoms with Gasteiger partial charge >= 0.3 is 0 Å². The molecule has 0 aromatic heterocycles. The number of carbonyl (C=O) groups excluding carboxylic acids is 1. The second-order valence-corrected chi connectivity index (χ2v) is 9.88. The number of thiocarbonyl (C=S) groups is 1. The van der Waals surface area contributed by atoms with Gasteiger partial charge in [0.25, 0.3) is 0 Å². The molecule has 1 N–H and O–H groups in total. The van der Waals surface area contributed by atoms with Gasteiger partial charge in [0.05, 0.1) is 12.8 Å². The van der Waals surface area contributed by atoms with Gasteiger partial charge in [-0.3, -0.25) is 4.79 Å². The quantitative estimate of drug-likeness (QED) is 0.431. The van der Waals surface area contributed by atoms with Crippen LogP contribution in [0.25, 0.3) is 0 Å². The van der Waals surface area contributed by atoms with E-state index in [2.05, 4.69) is 5.32 Å². The van der Waals surface area contributed by atoms with Crippen LogP contribution in [-0.2, 0) is 11.2 Å². The van der Waals surface area contributed by atoms with Crippen molar-refractivity contribution in [3.05, 3.63) is 60.2 Å². The van der Waals surface area contributed by atoms with Crippen molar-refractivity contribution in [2.24, 2.45) is 0 Å². The highest BCUT2D eigenvalue weighted by Gasteiger charge is 2.42. The Hall–Kier alpha value is -1.73. The van der Waals surface area contributed by atoms with Crippen molar-refractivity contribution in [2.45, 2.75) is 29.2 Å². The fourth-order valence-corrected chi connectivity index (χ4v) is 4.43. The molecule has 0 bridgehead atoms. The number of rotatable bonds is 7. The van der Waals surface area contributed by atoms with Crippen LogP contribution in [0.3, 0.4) is 0 Å². The van der Waals surface area contributed by atoms with Crippen LogP contribution in [-0.4, -0.2) is 46.1 Å². The van der Waals surface area contributed by atoms with Crippen LogP contribution in [0.5, 0.6) is 5.75 Å². The molecule has 0 saturated carbocycles. The number of amides is 1. The molecular weight excluding hydrogens is 477 g/mol. The second-order valence-electron chi connectivity index (χ2n) is 7.15. The lowest BCUT2D eigenvalue weighted by molar-refractivity contribution is -0.122. The lowest BCUT2D eigenvalue weighted by Gasteiger charge is -2.44. The maximum atomic E-state index is 12.7. The number of carbonyl (C=O) groups is 1. The first kappa shape index (κ1) is 23.9. The monoisotopic (exact) mass is 499 g/mol. The predicted octanol–water partition coefficient (Wildman–Crippen LogP) is 4.94. The number of benzene rings is 2. The first-order valence-corrected chi connectivity index (χ1v) is 11.5. The van der Waals surface area contributed by atoms with Crippen molar-refractivity contribution >= 4 is 63.7 Å². The van der Waals surface area contributed by atoms with E-state index in [-0.39, 0.29) is 12.3 Å². The van der Waals surface area contributed by atoms with E-state index >= 15 is 0 Å². The summed E-state index contributed by atoms with van der Waals surface area (Å²) in [5.41, 5.74) is 1.90. The van der Waals surface area contributed by atoms with Crippen LogP contribution in [0.2, 0.25) is 0 Å². The van der Waals surface area contributed by atoms with E-state index in [1.54, 1.807) is 12.0 Å². The molecule has 0 aliphatic carbocycles. The summed E-state index contributed by atoms with van der Waals surface area (Å²) in [5, 5.41) is 3.34. The van der Waals surface area contributed by atoms with Gasteiger partial charge in [-0.1, -0.05) is 77.3 Å². The van der Waals surface area contributed by atoms with Gasteiger partial charge in [0.15, 0.2) is 11.3 Å². The molecule has 1 amide bonds. The summed E-state index contributed by atoms with van der Waals surface area (Å²) < 4.78 is 3.71. The summed E-state index contributed by atoms with van der Waals surface area (Å²) in [7, 11) is 1.61. The van der Waals surface area contributed by atoms with E-state index in [0.29, 0.717) is 30.4 Å². The van der Waals surface area contributed by atoms with Gasteiger partial charge in [-0.2, -0.15) is 0 Å². The van der Waals surface area contributed by atoms with Crippen molar-refractivity contribution in [3.8, 4) is 5.75 Å². The Morgan fingerprint density at radius 1 is 1.13 bits per heavy atom. The highest BCUT2D eigenvalue weighted by Crippen LogP contribution is 2.36. The van der Waals surface area contributed by atoms with E-state index in [0.717, 1.165) is 17.7 Å². The first-order valence-electron chi connectivity index (χ1n) is 9.92. The van der Waals surface area contributed by atoms with Crippen LogP contribution in [0.15, 0.2) is 54.6 Å². The summed E-state index contributed by atoms with van der Waals surface area (Å²) in [5.74, 6) is 0.487. The molecule has 0 radical (unpaired) electrons. The number of para-hydroxylation sites is 2. The zero-order valence-electron chi connectivity index (χ0n) is 17.1. The normalized spacial score (nSPS) is 15.5. The number of hydrogen-bond donors (Lipinski definition) is 1. The Balaban J connectivity index is 1.75. The van der Waals surface area contributed by atoms with E-state index in [4.69, 9.17) is 51.8 Å². The third kappa shape index (κ3) is 6.16. The largest absolute Gasteiger partial charge is 0.495 e. The maximum Gasteiger partial charge on any atom is 0.228 e. The first-order chi connectivity index (χ1) is 14.8. The van der Waals surface area contributed by atoms with Crippen molar-refractivity contribution in [2.75, 3.05) is 25.1 Å². The van der Waals surface area contributed by atoms with E-state index < -0.39 is 9.96 Å². The number of ether oxygens (including phenoxy) is 1. The molecule has 1 aliphatic rings. The maximum absolute atomic E-state index is 12.7. The Morgan fingerprint density at radius 2 is 1.81 bits per heavy atom. The molecule has 0 spiro atoms. The molecule has 1 unspecified atom stereocenters. The zero-order chi connectivity index (χ0) is 22.4. The summed E-state index contributed by atoms with van der Waals surface area (Å²) in [6, 6.07) is 17.4. The SMILES string of the molecule is COc1ccccc1N1CCCN(C(NC(=O)CCc2ccccc2)C(Cl)(Cl)Cl)C1=S. The van der Waals surface area contributed by atoms with Crippen LogP contribution < -0.4 is 15.0 Å². The number of nitrogens with zero attached hydrogens (tertiary/aromatic N) is 2. The van der Waals surface area contributed by atoms with Gasteiger partial charge < -0.3 is 19.9 Å². The summed E-state index contributed by atoms with van der Waals surface area (Å²) in [6.07, 6.45) is 0.746. The molecule has 5 nitrogen and oxygen atoms in total. The Bertz CT molecular complexity index is 908. The molecule has 1 aliphatic heterocycles. The van der Waals surface area contributed by atoms with Gasteiger partial charge in [-0.15, -0.1) is 0 Å². The number of aryl methyl sites for hydroxylation is 1. The third-order valence-corrected chi connectivity index (χ3v) is 6.11. The lowest BCUT2D eigenvalue weighted by Crippen LogP contribution is -2.62. The Morgan fingerprint density at radius 3 is 2.48 bits per heavy atom. The number of halogens is 3. The summed E-state index contributed by atoms with van der Waals surface area (Å²) in [6.45, 7) is 1.26. The summed E-state index contributed by atoms with van der Waals surface area (Å²) in [4.78, 5) is 16.4. The van der Waals surface area contributed by atoms with E-state index in [1.165, 1.54) is 0 Å². The standard InChI is InChI=1S/C22H24Cl3N3O2S/c1-30-18-11-6-5-10-17(18)27-14-7-15-28(21(27)31)20(22(23,24)25)26-19(29)13-12-16-8-3-2-4-9-16/h2-6,8-11,20H,7,12-15H2,1H3,(H,26,29). The minimum atomic E-state index is -1.77. The molecule has 3 rings (SSSR count). The lowest BCUT2D eigenvalue weighted by atomic mass is 10.1. The van der Waals surface area contributed by atoms with Crippen molar-refractivity contribution in [3.63, 3.8) is 0 Å². The number of anilines is 1. The van der Waals surface area contributed by atoms with Crippen LogP contribution in [0.4, 0.5) is 5.69 Å². The van der Waals surface area contributed by atoms with Crippen LogP contribution >= 0.6 is 47.0 Å². The number of nitrogens with one attached hydrogen (secondary N) is 1. The average molecular weight is 501 g/mol. The van der Waals surface area contributed by atoms with Crippen LogP contribution in [0.1, 0.15) is 18.4 Å². The van der Waals surface area contributed by atoms with Gasteiger partial charge in [0.1, 0.15) is 5.75 Å². The molecule has 2 aromatic rings. The topological polar surface area (TPSA) is 44.8 Å². The minimum absolute atomic E-state index is 0.211. The Labute approximate surface area is 203 Å². The number of methoxy groups -OCH3 is 1.